The molecule has 1 N–H and O–H groups in total. The van der Waals surface area contributed by atoms with Crippen molar-refractivity contribution in [2.24, 2.45) is 0 Å². The summed E-state index contributed by atoms with van der Waals surface area (Å²) in [4.78, 5) is 0. The lowest BCUT2D eigenvalue weighted by atomic mass is 9.98. The van der Waals surface area contributed by atoms with Crippen LogP contribution in [0, 0.1) is 5.82 Å². The predicted octanol–water partition coefficient (Wildman–Crippen LogP) is 5.68. The fraction of sp³-hybridized carbons (Fsp3) is 0.250. The van der Waals surface area contributed by atoms with E-state index in [-0.39, 0.29) is 11.9 Å². The van der Waals surface area contributed by atoms with E-state index < -0.39 is 0 Å². The molecule has 0 aliphatic heterocycles. The molecule has 0 saturated heterocycles. The zero-order valence-electron chi connectivity index (χ0n) is 11.5. The number of nitrogens with one attached hydrogen (secondary N) is 1. The smallest absolute Gasteiger partial charge is 0.124 e. The fourth-order valence-corrected chi connectivity index (χ4v) is 2.74. The van der Waals surface area contributed by atoms with Crippen molar-refractivity contribution in [3.63, 3.8) is 0 Å². The maximum absolute atomic E-state index is 13.1. The average molecular weight is 347 g/mol. The minimum absolute atomic E-state index is 0.0349. The molecule has 1 nitrogen and oxygen atoms in total. The van der Waals surface area contributed by atoms with E-state index in [2.05, 4.69) is 5.32 Å². The van der Waals surface area contributed by atoms with Gasteiger partial charge in [-0.2, -0.15) is 0 Å². The standard InChI is InChI=1S/C16H15Cl3FN/c1-2-21-16(11-4-6-13(17)15(19)7-11)8-10-3-5-12(20)9-14(10)18/h3-7,9,16,21H,2,8H2,1H3. The summed E-state index contributed by atoms with van der Waals surface area (Å²) in [5.41, 5.74) is 1.90. The van der Waals surface area contributed by atoms with Gasteiger partial charge in [-0.3, -0.25) is 0 Å². The lowest BCUT2D eigenvalue weighted by molar-refractivity contribution is 0.549. The minimum atomic E-state index is -0.335. The van der Waals surface area contributed by atoms with E-state index in [9.17, 15) is 4.39 Å². The number of hydrogen-bond donors (Lipinski definition) is 1. The van der Waals surface area contributed by atoms with Crippen molar-refractivity contribution in [2.75, 3.05) is 6.54 Å². The predicted molar refractivity (Wildman–Crippen MR) is 88.0 cm³/mol. The number of benzene rings is 2. The fourth-order valence-electron chi connectivity index (χ4n) is 2.19. The molecule has 1 unspecified atom stereocenters. The molecule has 0 heterocycles. The number of hydrogen-bond acceptors (Lipinski definition) is 1. The number of halogens is 4. The molecule has 0 fully saturated rings. The SMILES string of the molecule is CCNC(Cc1ccc(F)cc1Cl)c1ccc(Cl)c(Cl)c1. The Kier molecular flexibility index (Phi) is 5.88. The van der Waals surface area contributed by atoms with Gasteiger partial charge in [0.25, 0.3) is 0 Å². The minimum Gasteiger partial charge on any atom is -0.310 e. The molecular weight excluding hydrogens is 332 g/mol. The van der Waals surface area contributed by atoms with Gasteiger partial charge in [0.05, 0.1) is 10.0 Å². The van der Waals surface area contributed by atoms with E-state index in [1.165, 1.54) is 12.1 Å². The lowest BCUT2D eigenvalue weighted by Crippen LogP contribution is -2.23. The van der Waals surface area contributed by atoms with Crippen LogP contribution in [0.15, 0.2) is 36.4 Å². The lowest BCUT2D eigenvalue weighted by Gasteiger charge is -2.19. The van der Waals surface area contributed by atoms with E-state index in [1.807, 2.05) is 19.1 Å². The van der Waals surface area contributed by atoms with E-state index >= 15 is 0 Å². The van der Waals surface area contributed by atoms with Gasteiger partial charge in [-0.15, -0.1) is 0 Å². The van der Waals surface area contributed by atoms with Gasteiger partial charge >= 0.3 is 0 Å². The first kappa shape index (κ1) is 16.6. The highest BCUT2D eigenvalue weighted by atomic mass is 35.5. The summed E-state index contributed by atoms with van der Waals surface area (Å²) in [5, 5.41) is 4.85. The van der Waals surface area contributed by atoms with Gasteiger partial charge in [-0.25, -0.2) is 4.39 Å². The molecule has 0 saturated carbocycles. The van der Waals surface area contributed by atoms with Gasteiger partial charge in [-0.1, -0.05) is 53.9 Å². The van der Waals surface area contributed by atoms with E-state index in [1.54, 1.807) is 12.1 Å². The average Bonchev–Trinajstić information content (AvgIpc) is 2.44. The molecule has 112 valence electrons. The van der Waals surface area contributed by atoms with Crippen LogP contribution in [-0.4, -0.2) is 6.54 Å². The van der Waals surface area contributed by atoms with Crippen molar-refractivity contribution < 1.29 is 4.39 Å². The van der Waals surface area contributed by atoms with Crippen LogP contribution in [0.2, 0.25) is 15.1 Å². The Labute approximate surface area is 139 Å². The van der Waals surface area contributed by atoms with Crippen LogP contribution in [0.1, 0.15) is 24.1 Å². The molecule has 0 amide bonds. The van der Waals surface area contributed by atoms with Crippen LogP contribution < -0.4 is 5.32 Å². The summed E-state index contributed by atoms with van der Waals surface area (Å²) in [7, 11) is 0. The number of rotatable bonds is 5. The zero-order chi connectivity index (χ0) is 15.4. The monoisotopic (exact) mass is 345 g/mol. The maximum Gasteiger partial charge on any atom is 0.124 e. The Bertz CT molecular complexity index is 631. The van der Waals surface area contributed by atoms with Gasteiger partial charge in [0.2, 0.25) is 0 Å². The van der Waals surface area contributed by atoms with Crippen LogP contribution in [0.3, 0.4) is 0 Å². The second kappa shape index (κ2) is 7.46. The third-order valence-electron chi connectivity index (χ3n) is 3.24. The quantitative estimate of drug-likeness (QED) is 0.734. The summed E-state index contributed by atoms with van der Waals surface area (Å²) in [5.74, 6) is -0.335. The van der Waals surface area contributed by atoms with Crippen molar-refractivity contribution in [2.45, 2.75) is 19.4 Å². The van der Waals surface area contributed by atoms with Gasteiger partial charge in [0.1, 0.15) is 5.82 Å². The first-order chi connectivity index (χ1) is 10.0. The highest BCUT2D eigenvalue weighted by Crippen LogP contribution is 2.29. The van der Waals surface area contributed by atoms with Gasteiger partial charge in [0, 0.05) is 11.1 Å². The van der Waals surface area contributed by atoms with Crippen molar-refractivity contribution in [3.8, 4) is 0 Å². The van der Waals surface area contributed by atoms with Crippen molar-refractivity contribution in [3.05, 3.63) is 68.4 Å². The van der Waals surface area contributed by atoms with Crippen molar-refractivity contribution in [1.29, 1.82) is 0 Å². The maximum atomic E-state index is 13.1. The second-order valence-corrected chi connectivity index (χ2v) is 5.95. The highest BCUT2D eigenvalue weighted by molar-refractivity contribution is 6.42. The zero-order valence-corrected chi connectivity index (χ0v) is 13.7. The Morgan fingerprint density at radius 2 is 1.76 bits per heavy atom. The summed E-state index contributed by atoms with van der Waals surface area (Å²) in [6, 6.07) is 10.0. The van der Waals surface area contributed by atoms with Crippen LogP contribution in [0.5, 0.6) is 0 Å². The Morgan fingerprint density at radius 1 is 1.00 bits per heavy atom. The molecule has 1 atom stereocenters. The molecule has 0 spiro atoms. The second-order valence-electron chi connectivity index (χ2n) is 4.72. The third-order valence-corrected chi connectivity index (χ3v) is 4.33. The van der Waals surface area contributed by atoms with E-state index in [0.717, 1.165) is 17.7 Å². The molecule has 2 rings (SSSR count). The molecule has 0 aromatic heterocycles. The Hall–Kier alpha value is -0.800. The molecule has 21 heavy (non-hydrogen) atoms. The van der Waals surface area contributed by atoms with Crippen LogP contribution >= 0.6 is 34.8 Å². The normalized spacial score (nSPS) is 12.4. The molecule has 2 aromatic rings. The van der Waals surface area contributed by atoms with Crippen LogP contribution in [-0.2, 0) is 6.42 Å². The molecule has 5 heteroatoms. The molecule has 0 bridgehead atoms. The molecule has 0 aliphatic carbocycles. The molecule has 0 radical (unpaired) electrons. The van der Waals surface area contributed by atoms with E-state index in [0.29, 0.717) is 21.5 Å². The third kappa shape index (κ3) is 4.33. The van der Waals surface area contributed by atoms with Gasteiger partial charge in [0.15, 0.2) is 0 Å². The van der Waals surface area contributed by atoms with E-state index in [4.69, 9.17) is 34.8 Å². The van der Waals surface area contributed by atoms with Crippen molar-refractivity contribution in [1.82, 2.24) is 5.32 Å². The Balaban J connectivity index is 2.28. The summed E-state index contributed by atoms with van der Waals surface area (Å²) >= 11 is 18.1. The summed E-state index contributed by atoms with van der Waals surface area (Å²) in [6.07, 6.45) is 0.644. The van der Waals surface area contributed by atoms with Crippen LogP contribution in [0.25, 0.3) is 0 Å². The molecule has 0 aliphatic rings. The highest BCUT2D eigenvalue weighted by Gasteiger charge is 2.14. The molecular formula is C16H15Cl3FN. The first-order valence-electron chi connectivity index (χ1n) is 6.63. The number of likely N-dealkylation sites (N-methyl/N-ethyl adjacent to an activating group) is 1. The molecule has 2 aromatic carbocycles. The Morgan fingerprint density at radius 3 is 2.38 bits per heavy atom. The van der Waals surface area contributed by atoms with Gasteiger partial charge in [-0.05, 0) is 48.4 Å². The summed E-state index contributed by atoms with van der Waals surface area (Å²) in [6.45, 7) is 2.82. The largest absolute Gasteiger partial charge is 0.310 e. The van der Waals surface area contributed by atoms with Crippen LogP contribution in [0.4, 0.5) is 4.39 Å². The summed E-state index contributed by atoms with van der Waals surface area (Å²) < 4.78 is 13.1. The van der Waals surface area contributed by atoms with Gasteiger partial charge < -0.3 is 5.32 Å². The van der Waals surface area contributed by atoms with Crippen molar-refractivity contribution >= 4 is 34.8 Å². The first-order valence-corrected chi connectivity index (χ1v) is 7.77. The topological polar surface area (TPSA) is 12.0 Å².